The van der Waals surface area contributed by atoms with Gasteiger partial charge in [-0.05, 0) is 54.7 Å². The molecule has 126 valence electrons. The zero-order chi connectivity index (χ0) is 17.3. The van der Waals surface area contributed by atoms with Gasteiger partial charge in [0.05, 0.1) is 12.1 Å². The Kier molecular flexibility index (Phi) is 4.88. The van der Waals surface area contributed by atoms with E-state index < -0.39 is 12.1 Å². The molecule has 0 bridgehead atoms. The van der Waals surface area contributed by atoms with Gasteiger partial charge in [-0.15, -0.1) is 0 Å². The summed E-state index contributed by atoms with van der Waals surface area (Å²) in [6, 6.07) is 12.7. The van der Waals surface area contributed by atoms with E-state index in [-0.39, 0.29) is 23.6 Å². The molecule has 2 N–H and O–H groups in total. The van der Waals surface area contributed by atoms with Crippen LogP contribution in [0.2, 0.25) is 5.02 Å². The van der Waals surface area contributed by atoms with Crippen molar-refractivity contribution in [1.82, 2.24) is 5.32 Å². The summed E-state index contributed by atoms with van der Waals surface area (Å²) in [6.45, 7) is 1.74. The van der Waals surface area contributed by atoms with Gasteiger partial charge in [0.1, 0.15) is 5.82 Å². The number of rotatable bonds is 5. The van der Waals surface area contributed by atoms with Crippen LogP contribution in [0.5, 0.6) is 0 Å². The maximum Gasteiger partial charge on any atom is 0.224 e. The Hall–Kier alpha value is -1.91. The minimum atomic E-state index is -0.873. The first-order chi connectivity index (χ1) is 11.5. The SMILES string of the molecule is CC(NC(=O)C1CC1c1ccc(Cl)cc1)C(O)c1ccc(F)cc1. The molecule has 3 nitrogen and oxygen atoms in total. The first-order valence-corrected chi connectivity index (χ1v) is 8.33. The molecule has 1 aliphatic carbocycles. The van der Waals surface area contributed by atoms with E-state index in [4.69, 9.17) is 11.6 Å². The molecule has 0 heterocycles. The van der Waals surface area contributed by atoms with Crippen molar-refractivity contribution in [3.05, 3.63) is 70.5 Å². The van der Waals surface area contributed by atoms with E-state index in [1.54, 1.807) is 6.92 Å². The number of amides is 1. The van der Waals surface area contributed by atoms with E-state index >= 15 is 0 Å². The van der Waals surface area contributed by atoms with E-state index in [0.717, 1.165) is 12.0 Å². The molecule has 0 spiro atoms. The summed E-state index contributed by atoms with van der Waals surface area (Å²) in [5, 5.41) is 13.8. The Morgan fingerprint density at radius 2 is 1.83 bits per heavy atom. The van der Waals surface area contributed by atoms with E-state index in [2.05, 4.69) is 5.32 Å². The van der Waals surface area contributed by atoms with Crippen LogP contribution >= 0.6 is 11.6 Å². The third-order valence-corrected chi connectivity index (χ3v) is 4.73. The average Bonchev–Trinajstić information content (AvgIpc) is 3.36. The summed E-state index contributed by atoms with van der Waals surface area (Å²) in [4.78, 5) is 12.3. The number of halogens is 2. The predicted molar refractivity (Wildman–Crippen MR) is 91.3 cm³/mol. The fourth-order valence-corrected chi connectivity index (χ4v) is 3.05. The van der Waals surface area contributed by atoms with Gasteiger partial charge < -0.3 is 10.4 Å². The molecule has 1 aliphatic rings. The standard InChI is InChI=1S/C19H19ClFNO2/c1-11(18(23)13-4-8-15(21)9-5-13)22-19(24)17-10-16(17)12-2-6-14(20)7-3-12/h2-9,11,16-18,23H,10H2,1H3,(H,22,24). The Labute approximate surface area is 145 Å². The van der Waals surface area contributed by atoms with Gasteiger partial charge in [0.2, 0.25) is 5.91 Å². The highest BCUT2D eigenvalue weighted by Crippen LogP contribution is 2.47. The van der Waals surface area contributed by atoms with Crippen LogP contribution in [0.4, 0.5) is 4.39 Å². The number of carbonyl (C=O) groups is 1. The van der Waals surface area contributed by atoms with Crippen LogP contribution in [0.3, 0.4) is 0 Å². The molecular weight excluding hydrogens is 329 g/mol. The largest absolute Gasteiger partial charge is 0.386 e. The van der Waals surface area contributed by atoms with Crippen molar-refractivity contribution in [2.24, 2.45) is 5.92 Å². The first-order valence-electron chi connectivity index (χ1n) is 7.95. The van der Waals surface area contributed by atoms with Gasteiger partial charge in [0.25, 0.3) is 0 Å². The number of benzene rings is 2. The summed E-state index contributed by atoms with van der Waals surface area (Å²) in [6.07, 6.45) is -0.0744. The Balaban J connectivity index is 1.57. The zero-order valence-corrected chi connectivity index (χ0v) is 14.0. The number of aliphatic hydroxyl groups excluding tert-OH is 1. The molecule has 1 fully saturated rings. The lowest BCUT2D eigenvalue weighted by atomic mass is 10.0. The summed E-state index contributed by atoms with van der Waals surface area (Å²) < 4.78 is 12.9. The zero-order valence-electron chi connectivity index (χ0n) is 13.2. The molecule has 0 aromatic heterocycles. The van der Waals surface area contributed by atoms with Crippen LogP contribution in [0, 0.1) is 11.7 Å². The number of hydrogen-bond donors (Lipinski definition) is 2. The third-order valence-electron chi connectivity index (χ3n) is 4.48. The fraction of sp³-hybridized carbons (Fsp3) is 0.316. The molecule has 4 atom stereocenters. The molecule has 2 aromatic rings. The van der Waals surface area contributed by atoms with Crippen LogP contribution in [-0.2, 0) is 4.79 Å². The van der Waals surface area contributed by atoms with Crippen molar-refractivity contribution in [3.8, 4) is 0 Å². The van der Waals surface area contributed by atoms with Gasteiger partial charge in [0.15, 0.2) is 0 Å². The highest BCUT2D eigenvalue weighted by atomic mass is 35.5. The first kappa shape index (κ1) is 16.9. The van der Waals surface area contributed by atoms with Crippen LogP contribution in [0.1, 0.15) is 36.5 Å². The molecule has 0 aliphatic heterocycles. The van der Waals surface area contributed by atoms with E-state index in [1.807, 2.05) is 24.3 Å². The average molecular weight is 348 g/mol. The van der Waals surface area contributed by atoms with Gasteiger partial charge in [-0.2, -0.15) is 0 Å². The van der Waals surface area contributed by atoms with Crippen molar-refractivity contribution in [2.75, 3.05) is 0 Å². The number of hydrogen-bond acceptors (Lipinski definition) is 2. The van der Waals surface area contributed by atoms with Crippen LogP contribution in [0.15, 0.2) is 48.5 Å². The molecule has 2 aromatic carbocycles. The van der Waals surface area contributed by atoms with Gasteiger partial charge >= 0.3 is 0 Å². The molecule has 0 radical (unpaired) electrons. The molecule has 0 saturated heterocycles. The summed E-state index contributed by atoms with van der Waals surface area (Å²) in [5.41, 5.74) is 1.68. The van der Waals surface area contributed by atoms with Crippen molar-refractivity contribution in [3.63, 3.8) is 0 Å². The van der Waals surface area contributed by atoms with E-state index in [9.17, 15) is 14.3 Å². The Bertz CT molecular complexity index is 717. The van der Waals surface area contributed by atoms with Crippen molar-refractivity contribution in [1.29, 1.82) is 0 Å². The second-order valence-corrected chi connectivity index (χ2v) is 6.73. The normalized spacial score (nSPS) is 21.8. The van der Waals surface area contributed by atoms with Gasteiger partial charge in [-0.25, -0.2) is 4.39 Å². The highest BCUT2D eigenvalue weighted by Gasteiger charge is 2.44. The predicted octanol–water partition coefficient (Wildman–Crippen LogP) is 3.82. The molecule has 4 unspecified atom stereocenters. The molecule has 1 saturated carbocycles. The highest BCUT2D eigenvalue weighted by molar-refractivity contribution is 6.30. The lowest BCUT2D eigenvalue weighted by Gasteiger charge is -2.20. The lowest BCUT2D eigenvalue weighted by molar-refractivity contribution is -0.123. The fourth-order valence-electron chi connectivity index (χ4n) is 2.92. The molecular formula is C19H19ClFNO2. The Morgan fingerprint density at radius 3 is 2.46 bits per heavy atom. The molecule has 3 rings (SSSR count). The van der Waals surface area contributed by atoms with E-state index in [1.165, 1.54) is 24.3 Å². The minimum absolute atomic E-state index is 0.0661. The maximum atomic E-state index is 12.9. The minimum Gasteiger partial charge on any atom is -0.386 e. The number of aliphatic hydroxyl groups is 1. The number of carbonyl (C=O) groups excluding carboxylic acids is 1. The van der Waals surface area contributed by atoms with Crippen LogP contribution < -0.4 is 5.32 Å². The maximum absolute atomic E-state index is 12.9. The van der Waals surface area contributed by atoms with Crippen molar-refractivity contribution >= 4 is 17.5 Å². The van der Waals surface area contributed by atoms with Gasteiger partial charge in [0, 0.05) is 10.9 Å². The second kappa shape index (κ2) is 6.91. The lowest BCUT2D eigenvalue weighted by Crippen LogP contribution is -2.38. The molecule has 24 heavy (non-hydrogen) atoms. The molecule has 5 heteroatoms. The summed E-state index contributed by atoms with van der Waals surface area (Å²) >= 11 is 5.88. The smallest absolute Gasteiger partial charge is 0.224 e. The molecule has 1 amide bonds. The van der Waals surface area contributed by atoms with E-state index in [0.29, 0.717) is 10.6 Å². The quantitative estimate of drug-likeness (QED) is 0.863. The van der Waals surface area contributed by atoms with Crippen molar-refractivity contribution in [2.45, 2.75) is 31.4 Å². The second-order valence-electron chi connectivity index (χ2n) is 6.29. The number of nitrogens with one attached hydrogen (secondary N) is 1. The third kappa shape index (κ3) is 3.77. The summed E-state index contributed by atoms with van der Waals surface area (Å²) in [7, 11) is 0. The van der Waals surface area contributed by atoms with Crippen molar-refractivity contribution < 1.29 is 14.3 Å². The van der Waals surface area contributed by atoms with Gasteiger partial charge in [-0.1, -0.05) is 35.9 Å². The van der Waals surface area contributed by atoms with Crippen LogP contribution in [0.25, 0.3) is 0 Å². The topological polar surface area (TPSA) is 49.3 Å². The summed E-state index contributed by atoms with van der Waals surface area (Å²) in [5.74, 6) is -0.290. The van der Waals surface area contributed by atoms with Crippen LogP contribution in [-0.4, -0.2) is 17.1 Å². The van der Waals surface area contributed by atoms with Gasteiger partial charge in [-0.3, -0.25) is 4.79 Å². The Morgan fingerprint density at radius 1 is 1.21 bits per heavy atom. The monoisotopic (exact) mass is 347 g/mol.